The van der Waals surface area contributed by atoms with E-state index in [-0.39, 0.29) is 16.9 Å². The average molecular weight is 263 g/mol. The monoisotopic (exact) mass is 263 g/mol. The van der Waals surface area contributed by atoms with E-state index in [0.717, 1.165) is 23.1 Å². The highest BCUT2D eigenvalue weighted by Crippen LogP contribution is 2.40. The van der Waals surface area contributed by atoms with Gasteiger partial charge in [0.25, 0.3) is 0 Å². The minimum absolute atomic E-state index is 0.0304. The molecular formula is C17H29NO. The van der Waals surface area contributed by atoms with Crippen LogP contribution in [-0.2, 0) is 10.8 Å². The Bertz CT molecular complexity index is 414. The predicted octanol–water partition coefficient (Wildman–Crippen LogP) is 4.40. The van der Waals surface area contributed by atoms with Crippen LogP contribution in [0.3, 0.4) is 0 Å². The zero-order valence-electron chi connectivity index (χ0n) is 13.5. The first-order valence-electron chi connectivity index (χ1n) is 7.12. The Morgan fingerprint density at radius 2 is 1.37 bits per heavy atom. The third-order valence-electron chi connectivity index (χ3n) is 3.62. The molecule has 0 saturated carbocycles. The van der Waals surface area contributed by atoms with Gasteiger partial charge in [-0.15, -0.1) is 0 Å². The molecule has 2 heteroatoms. The molecule has 1 aromatic rings. The van der Waals surface area contributed by atoms with E-state index in [4.69, 9.17) is 5.73 Å². The highest BCUT2D eigenvalue weighted by molar-refractivity contribution is 5.50. The maximum atomic E-state index is 10.6. The maximum absolute atomic E-state index is 10.6. The van der Waals surface area contributed by atoms with Crippen LogP contribution in [0.15, 0.2) is 12.1 Å². The van der Waals surface area contributed by atoms with Crippen molar-refractivity contribution in [2.24, 2.45) is 5.73 Å². The van der Waals surface area contributed by atoms with Gasteiger partial charge >= 0.3 is 0 Å². The summed E-state index contributed by atoms with van der Waals surface area (Å²) in [6.07, 6.45) is 0.901. The molecule has 1 rings (SSSR count). The van der Waals surface area contributed by atoms with Crippen molar-refractivity contribution in [3.63, 3.8) is 0 Å². The second-order valence-electron chi connectivity index (χ2n) is 7.48. The Hall–Kier alpha value is -1.02. The van der Waals surface area contributed by atoms with Gasteiger partial charge in [0.1, 0.15) is 5.75 Å². The lowest BCUT2D eigenvalue weighted by molar-refractivity contribution is 0.422. The summed E-state index contributed by atoms with van der Waals surface area (Å²) < 4.78 is 0. The summed E-state index contributed by atoms with van der Waals surface area (Å²) in [7, 11) is 0. The minimum atomic E-state index is -0.0897. The summed E-state index contributed by atoms with van der Waals surface area (Å²) in [4.78, 5) is 0. The largest absolute Gasteiger partial charge is 0.507 e. The summed E-state index contributed by atoms with van der Waals surface area (Å²) in [5.74, 6) is 0.423. The van der Waals surface area contributed by atoms with Crippen molar-refractivity contribution in [2.75, 3.05) is 0 Å². The average Bonchev–Trinajstić information content (AvgIpc) is 2.25. The fourth-order valence-corrected chi connectivity index (χ4v) is 2.25. The molecule has 0 bridgehead atoms. The highest BCUT2D eigenvalue weighted by atomic mass is 16.3. The second kappa shape index (κ2) is 5.16. The van der Waals surface area contributed by atoms with Crippen LogP contribution in [0, 0.1) is 0 Å². The zero-order valence-corrected chi connectivity index (χ0v) is 13.5. The van der Waals surface area contributed by atoms with E-state index in [1.807, 2.05) is 0 Å². The molecule has 3 N–H and O–H groups in total. The predicted molar refractivity (Wildman–Crippen MR) is 82.7 cm³/mol. The molecule has 0 radical (unpaired) electrons. The van der Waals surface area contributed by atoms with Gasteiger partial charge in [-0.25, -0.2) is 0 Å². The highest BCUT2D eigenvalue weighted by Gasteiger charge is 2.27. The quantitative estimate of drug-likeness (QED) is 0.831. The number of phenolic OH excluding ortho intramolecular Hbond substituents is 1. The number of nitrogens with two attached hydrogens (primary N) is 1. The molecule has 0 heterocycles. The minimum Gasteiger partial charge on any atom is -0.507 e. The van der Waals surface area contributed by atoms with E-state index >= 15 is 0 Å². The van der Waals surface area contributed by atoms with Gasteiger partial charge in [0.15, 0.2) is 0 Å². The molecule has 0 saturated heterocycles. The van der Waals surface area contributed by atoms with Crippen LogP contribution in [-0.4, -0.2) is 5.11 Å². The number of benzene rings is 1. The number of hydrogen-bond acceptors (Lipinski definition) is 2. The molecule has 1 atom stereocenters. The molecule has 1 aromatic carbocycles. The van der Waals surface area contributed by atoms with E-state index in [2.05, 4.69) is 60.6 Å². The number of hydrogen-bond donors (Lipinski definition) is 2. The Kier molecular flexibility index (Phi) is 4.36. The Balaban J connectivity index is 3.57. The van der Waals surface area contributed by atoms with Crippen LogP contribution in [0.5, 0.6) is 5.75 Å². The summed E-state index contributed by atoms with van der Waals surface area (Å²) in [5, 5.41) is 10.6. The molecule has 19 heavy (non-hydrogen) atoms. The van der Waals surface area contributed by atoms with Crippen LogP contribution in [0.1, 0.15) is 77.6 Å². The Labute approximate surface area is 118 Å². The van der Waals surface area contributed by atoms with Crippen LogP contribution >= 0.6 is 0 Å². The molecule has 0 aromatic heterocycles. The van der Waals surface area contributed by atoms with E-state index in [9.17, 15) is 5.11 Å². The molecule has 0 aliphatic rings. The van der Waals surface area contributed by atoms with Crippen molar-refractivity contribution in [1.82, 2.24) is 0 Å². The molecule has 0 aliphatic heterocycles. The van der Waals surface area contributed by atoms with Crippen LogP contribution in [0.25, 0.3) is 0 Å². The number of rotatable bonds is 2. The first-order chi connectivity index (χ1) is 8.48. The molecule has 0 spiro atoms. The first-order valence-corrected chi connectivity index (χ1v) is 7.12. The summed E-state index contributed by atoms with van der Waals surface area (Å²) in [5.41, 5.74) is 9.10. The van der Waals surface area contributed by atoms with Crippen molar-refractivity contribution >= 4 is 0 Å². The van der Waals surface area contributed by atoms with E-state index < -0.39 is 0 Å². The zero-order chi connectivity index (χ0) is 15.0. The van der Waals surface area contributed by atoms with Gasteiger partial charge in [0, 0.05) is 6.04 Å². The van der Waals surface area contributed by atoms with E-state index in [1.165, 1.54) is 0 Å². The molecule has 108 valence electrons. The molecule has 1 unspecified atom stereocenters. The molecule has 0 fully saturated rings. The lowest BCUT2D eigenvalue weighted by atomic mass is 9.77. The van der Waals surface area contributed by atoms with Crippen molar-refractivity contribution in [3.05, 3.63) is 28.8 Å². The lowest BCUT2D eigenvalue weighted by Crippen LogP contribution is -2.20. The third-order valence-corrected chi connectivity index (χ3v) is 3.62. The fraction of sp³-hybridized carbons (Fsp3) is 0.647. The van der Waals surface area contributed by atoms with Gasteiger partial charge in [-0.1, -0.05) is 60.6 Å². The van der Waals surface area contributed by atoms with Gasteiger partial charge in [-0.2, -0.15) is 0 Å². The second-order valence-corrected chi connectivity index (χ2v) is 7.48. The van der Waals surface area contributed by atoms with Gasteiger partial charge in [0.05, 0.1) is 0 Å². The van der Waals surface area contributed by atoms with Gasteiger partial charge in [-0.3, -0.25) is 0 Å². The summed E-state index contributed by atoms with van der Waals surface area (Å²) >= 11 is 0. The molecule has 2 nitrogen and oxygen atoms in total. The van der Waals surface area contributed by atoms with Crippen molar-refractivity contribution < 1.29 is 5.11 Å². The molecule has 0 amide bonds. The standard InChI is InChI=1S/C17H29NO/c1-8-14(18)11-9-12(16(2,3)4)15(19)13(10-11)17(5,6)7/h9-10,14,19H,8,18H2,1-7H3. The molecular weight excluding hydrogens is 234 g/mol. The van der Waals surface area contributed by atoms with Crippen LogP contribution < -0.4 is 5.73 Å². The lowest BCUT2D eigenvalue weighted by Gasteiger charge is -2.29. The number of phenols is 1. The van der Waals surface area contributed by atoms with Crippen LogP contribution in [0.4, 0.5) is 0 Å². The SMILES string of the molecule is CCC(N)c1cc(C(C)(C)C)c(O)c(C(C)(C)C)c1. The van der Waals surface area contributed by atoms with E-state index in [0.29, 0.717) is 5.75 Å². The van der Waals surface area contributed by atoms with Gasteiger partial charge in [-0.05, 0) is 33.9 Å². The number of aromatic hydroxyl groups is 1. The Morgan fingerprint density at radius 1 is 1.00 bits per heavy atom. The van der Waals surface area contributed by atoms with Crippen molar-refractivity contribution in [1.29, 1.82) is 0 Å². The van der Waals surface area contributed by atoms with Crippen LogP contribution in [0.2, 0.25) is 0 Å². The van der Waals surface area contributed by atoms with Gasteiger partial charge in [0.2, 0.25) is 0 Å². The van der Waals surface area contributed by atoms with Crippen molar-refractivity contribution in [3.8, 4) is 5.75 Å². The maximum Gasteiger partial charge on any atom is 0.123 e. The summed E-state index contributed by atoms with van der Waals surface area (Å²) in [6, 6.07) is 4.17. The topological polar surface area (TPSA) is 46.2 Å². The third kappa shape index (κ3) is 3.50. The van der Waals surface area contributed by atoms with Gasteiger partial charge < -0.3 is 10.8 Å². The fourth-order valence-electron chi connectivity index (χ4n) is 2.25. The van der Waals surface area contributed by atoms with Crippen molar-refractivity contribution in [2.45, 2.75) is 71.8 Å². The van der Waals surface area contributed by atoms with E-state index in [1.54, 1.807) is 0 Å². The first kappa shape index (κ1) is 16.0. The normalized spacial score (nSPS) is 14.5. The smallest absolute Gasteiger partial charge is 0.123 e. The Morgan fingerprint density at radius 3 is 1.63 bits per heavy atom. The summed E-state index contributed by atoms with van der Waals surface area (Å²) in [6.45, 7) is 14.8. The molecule has 0 aliphatic carbocycles.